The zero-order valence-corrected chi connectivity index (χ0v) is 16.2. The number of nitrogens with two attached hydrogens (primary N) is 2. The highest BCUT2D eigenvalue weighted by atomic mass is 16.5. The van der Waals surface area contributed by atoms with Crippen molar-refractivity contribution in [2.45, 2.75) is 25.7 Å². The van der Waals surface area contributed by atoms with E-state index in [2.05, 4.69) is 0 Å². The van der Waals surface area contributed by atoms with Gasteiger partial charge in [-0.2, -0.15) is 0 Å². The van der Waals surface area contributed by atoms with Gasteiger partial charge in [-0.3, -0.25) is 0 Å². The smallest absolute Gasteiger partial charge is 0.330 e. The van der Waals surface area contributed by atoms with Gasteiger partial charge in [0.15, 0.2) is 0 Å². The first-order valence-electron chi connectivity index (χ1n) is 9.35. The molecule has 0 aliphatic heterocycles. The van der Waals surface area contributed by atoms with Crippen LogP contribution in [0.25, 0.3) is 6.08 Å². The van der Waals surface area contributed by atoms with Gasteiger partial charge in [0.25, 0.3) is 0 Å². The maximum atomic E-state index is 11.7. The normalized spacial score (nSPS) is 10.8. The van der Waals surface area contributed by atoms with Gasteiger partial charge in [-0.1, -0.05) is 12.1 Å². The second-order valence-corrected chi connectivity index (χ2v) is 6.33. The molecular formula is C22H28N2O4. The molecule has 0 aliphatic rings. The lowest BCUT2D eigenvalue weighted by Crippen LogP contribution is -2.03. The topological polar surface area (TPSA) is 96.8 Å². The van der Waals surface area contributed by atoms with Crippen molar-refractivity contribution in [1.29, 1.82) is 0 Å². The lowest BCUT2D eigenvalue weighted by Gasteiger charge is -2.09. The monoisotopic (exact) mass is 384 g/mol. The Balaban J connectivity index is 1.52. The number of anilines is 2. The molecule has 0 atom stereocenters. The third-order valence-corrected chi connectivity index (χ3v) is 4.10. The second-order valence-electron chi connectivity index (χ2n) is 6.33. The molecule has 0 bridgehead atoms. The zero-order chi connectivity index (χ0) is 20.2. The molecule has 150 valence electrons. The number of carbonyl (C=O) groups is 1. The summed E-state index contributed by atoms with van der Waals surface area (Å²) in [6.45, 7) is 1.01. The molecule has 6 nitrogen and oxygen atoms in total. The molecular weight excluding hydrogens is 356 g/mol. The van der Waals surface area contributed by atoms with Gasteiger partial charge in [0.05, 0.1) is 26.0 Å². The highest BCUT2D eigenvalue weighted by molar-refractivity contribution is 5.87. The van der Waals surface area contributed by atoms with Crippen molar-refractivity contribution in [3.63, 3.8) is 0 Å². The predicted octanol–water partition coefficient (Wildman–Crippen LogP) is 4.06. The Hall–Kier alpha value is -3.15. The van der Waals surface area contributed by atoms with Gasteiger partial charge in [0.2, 0.25) is 0 Å². The number of carbonyl (C=O) groups excluding carboxylic acids is 1. The van der Waals surface area contributed by atoms with Gasteiger partial charge in [-0.25, -0.2) is 4.79 Å². The van der Waals surface area contributed by atoms with Crippen molar-refractivity contribution in [2.24, 2.45) is 0 Å². The minimum absolute atomic E-state index is 0.335. The maximum Gasteiger partial charge on any atom is 0.330 e. The van der Waals surface area contributed by atoms with E-state index < -0.39 is 0 Å². The van der Waals surface area contributed by atoms with E-state index in [0.717, 1.165) is 37.0 Å². The van der Waals surface area contributed by atoms with E-state index >= 15 is 0 Å². The summed E-state index contributed by atoms with van der Waals surface area (Å²) in [5.41, 5.74) is 13.6. The van der Waals surface area contributed by atoms with Crippen molar-refractivity contribution in [2.75, 3.05) is 31.8 Å². The highest BCUT2D eigenvalue weighted by Crippen LogP contribution is 2.23. The number of methoxy groups -OCH3 is 1. The number of esters is 1. The van der Waals surface area contributed by atoms with Crippen LogP contribution in [0.1, 0.15) is 31.2 Å². The Bertz CT molecular complexity index is 773. The number of ether oxygens (including phenoxy) is 3. The van der Waals surface area contributed by atoms with Crippen LogP contribution >= 0.6 is 0 Å². The fourth-order valence-corrected chi connectivity index (χ4v) is 2.54. The summed E-state index contributed by atoms with van der Waals surface area (Å²) in [5.74, 6) is 1.10. The minimum Gasteiger partial charge on any atom is -0.497 e. The first kappa shape index (κ1) is 21.2. The molecule has 2 aromatic carbocycles. The summed E-state index contributed by atoms with van der Waals surface area (Å²) in [6, 6.07) is 12.7. The molecule has 2 aromatic rings. The fourth-order valence-electron chi connectivity index (χ4n) is 2.54. The highest BCUT2D eigenvalue weighted by Gasteiger charge is 2.01. The molecule has 0 saturated heterocycles. The molecule has 2 rings (SSSR count). The molecule has 0 saturated carbocycles. The van der Waals surface area contributed by atoms with E-state index in [4.69, 9.17) is 25.7 Å². The Kier molecular flexibility index (Phi) is 8.72. The standard InChI is InChI=1S/C22H28N2O4/c1-26-19-10-6-17(7-11-19)8-13-22(25)28-15-5-3-2-4-14-27-21-12-9-18(23)16-20(21)24/h6-13,16H,2-5,14-15,23-24H2,1H3. The third-order valence-electron chi connectivity index (χ3n) is 4.10. The number of hydrogen-bond donors (Lipinski definition) is 2. The summed E-state index contributed by atoms with van der Waals surface area (Å²) in [7, 11) is 1.62. The van der Waals surface area contributed by atoms with Crippen molar-refractivity contribution in [3.05, 3.63) is 54.1 Å². The Morgan fingerprint density at radius 3 is 2.36 bits per heavy atom. The van der Waals surface area contributed by atoms with Crippen LogP contribution in [0.4, 0.5) is 11.4 Å². The molecule has 0 aromatic heterocycles. The quantitative estimate of drug-likeness (QED) is 0.262. The van der Waals surface area contributed by atoms with E-state index in [1.165, 1.54) is 6.08 Å². The molecule has 0 amide bonds. The Labute approximate surface area is 166 Å². The second kappa shape index (κ2) is 11.5. The number of nitrogen functional groups attached to an aromatic ring is 2. The zero-order valence-electron chi connectivity index (χ0n) is 16.2. The van der Waals surface area contributed by atoms with Crippen LogP contribution in [0.3, 0.4) is 0 Å². The van der Waals surface area contributed by atoms with Crippen LogP contribution in [-0.4, -0.2) is 26.3 Å². The van der Waals surface area contributed by atoms with E-state index in [1.807, 2.05) is 24.3 Å². The van der Waals surface area contributed by atoms with Crippen LogP contribution < -0.4 is 20.9 Å². The van der Waals surface area contributed by atoms with Gasteiger partial charge >= 0.3 is 5.97 Å². The van der Waals surface area contributed by atoms with Crippen LogP contribution in [0.2, 0.25) is 0 Å². The van der Waals surface area contributed by atoms with Crippen molar-refractivity contribution in [3.8, 4) is 11.5 Å². The number of rotatable bonds is 11. The van der Waals surface area contributed by atoms with Crippen LogP contribution in [0, 0.1) is 0 Å². The van der Waals surface area contributed by atoms with Gasteiger partial charge < -0.3 is 25.7 Å². The Morgan fingerprint density at radius 1 is 0.964 bits per heavy atom. The third kappa shape index (κ3) is 7.61. The van der Waals surface area contributed by atoms with Gasteiger partial charge in [-0.15, -0.1) is 0 Å². The van der Waals surface area contributed by atoms with E-state index in [9.17, 15) is 4.79 Å². The summed E-state index contributed by atoms with van der Waals surface area (Å²) in [4.78, 5) is 11.7. The van der Waals surface area contributed by atoms with E-state index in [0.29, 0.717) is 30.3 Å². The lowest BCUT2D eigenvalue weighted by molar-refractivity contribution is -0.137. The molecule has 0 spiro atoms. The minimum atomic E-state index is -0.335. The maximum absolute atomic E-state index is 11.7. The Morgan fingerprint density at radius 2 is 1.68 bits per heavy atom. The summed E-state index contributed by atoms with van der Waals surface area (Å²) in [5, 5.41) is 0. The van der Waals surface area contributed by atoms with E-state index in [1.54, 1.807) is 31.4 Å². The molecule has 0 fully saturated rings. The number of unbranched alkanes of at least 4 members (excludes halogenated alkanes) is 3. The van der Waals surface area contributed by atoms with E-state index in [-0.39, 0.29) is 5.97 Å². The molecule has 0 radical (unpaired) electrons. The molecule has 28 heavy (non-hydrogen) atoms. The van der Waals surface area contributed by atoms with Crippen LogP contribution in [0.5, 0.6) is 11.5 Å². The average Bonchev–Trinajstić information content (AvgIpc) is 2.70. The molecule has 6 heteroatoms. The van der Waals surface area contributed by atoms with Crippen molar-refractivity contribution < 1.29 is 19.0 Å². The van der Waals surface area contributed by atoms with Crippen LogP contribution in [-0.2, 0) is 9.53 Å². The first-order chi connectivity index (χ1) is 13.6. The SMILES string of the molecule is COc1ccc(C=CC(=O)OCCCCCCOc2ccc(N)cc2N)cc1. The average molecular weight is 384 g/mol. The first-order valence-corrected chi connectivity index (χ1v) is 9.35. The van der Waals surface area contributed by atoms with Gasteiger partial charge in [0, 0.05) is 11.8 Å². The summed E-state index contributed by atoms with van der Waals surface area (Å²) >= 11 is 0. The summed E-state index contributed by atoms with van der Waals surface area (Å²) < 4.78 is 15.9. The summed E-state index contributed by atoms with van der Waals surface area (Å²) in [6.07, 6.45) is 6.86. The predicted molar refractivity (Wildman–Crippen MR) is 112 cm³/mol. The molecule has 0 aliphatic carbocycles. The van der Waals surface area contributed by atoms with Crippen molar-refractivity contribution >= 4 is 23.4 Å². The molecule has 4 N–H and O–H groups in total. The van der Waals surface area contributed by atoms with Crippen LogP contribution in [0.15, 0.2) is 48.5 Å². The molecule has 0 unspecified atom stereocenters. The number of benzene rings is 2. The van der Waals surface area contributed by atoms with Crippen molar-refractivity contribution in [1.82, 2.24) is 0 Å². The number of hydrogen-bond acceptors (Lipinski definition) is 6. The van der Waals surface area contributed by atoms with Gasteiger partial charge in [-0.05, 0) is 67.7 Å². The van der Waals surface area contributed by atoms with Gasteiger partial charge in [0.1, 0.15) is 11.5 Å². The molecule has 0 heterocycles. The fraction of sp³-hybridized carbons (Fsp3) is 0.318. The largest absolute Gasteiger partial charge is 0.497 e. The lowest BCUT2D eigenvalue weighted by atomic mass is 10.2.